The number of nitrogens with one attached hydrogen (secondary N) is 1. The summed E-state index contributed by atoms with van der Waals surface area (Å²) < 4.78 is 5.32. The molecule has 0 aliphatic heterocycles. The number of hydrogen-bond donors (Lipinski definition) is 2. The Morgan fingerprint density at radius 2 is 2.20 bits per heavy atom. The molecule has 0 spiro atoms. The number of aromatic nitrogens is 1. The van der Waals surface area contributed by atoms with E-state index in [9.17, 15) is 4.79 Å². The molecule has 0 saturated carbocycles. The van der Waals surface area contributed by atoms with Crippen LogP contribution in [-0.2, 0) is 11.3 Å². The van der Waals surface area contributed by atoms with Crippen molar-refractivity contribution in [3.05, 3.63) is 53.3 Å². The molecule has 0 radical (unpaired) electrons. The summed E-state index contributed by atoms with van der Waals surface area (Å²) in [5.41, 5.74) is 6.83. The Balaban J connectivity index is 1.85. The Morgan fingerprint density at radius 3 is 2.85 bits per heavy atom. The first-order chi connectivity index (χ1) is 9.67. The minimum atomic E-state index is -0.268. The number of benzene rings is 1. The van der Waals surface area contributed by atoms with E-state index in [0.29, 0.717) is 23.0 Å². The van der Waals surface area contributed by atoms with Crippen LogP contribution in [0.3, 0.4) is 0 Å². The van der Waals surface area contributed by atoms with Crippen LogP contribution in [0.2, 0.25) is 5.02 Å². The van der Waals surface area contributed by atoms with Crippen molar-refractivity contribution < 1.29 is 9.53 Å². The zero-order valence-electron chi connectivity index (χ0n) is 10.7. The molecule has 0 aliphatic rings. The van der Waals surface area contributed by atoms with Crippen LogP contribution in [0.15, 0.2) is 42.6 Å². The standard InChI is InChI=1S/C14H14ClN3O2/c15-10-2-1-3-11(6-10)18-14(19)9-20-13-5-4-12(7-16)17-8-13/h1-6,8H,7,9,16H2,(H,18,19). The highest BCUT2D eigenvalue weighted by molar-refractivity contribution is 6.30. The number of amides is 1. The summed E-state index contributed by atoms with van der Waals surface area (Å²) in [6.45, 7) is 0.270. The number of pyridine rings is 1. The maximum atomic E-state index is 11.7. The predicted molar refractivity (Wildman–Crippen MR) is 77.7 cm³/mol. The normalized spacial score (nSPS) is 10.1. The molecular weight excluding hydrogens is 278 g/mol. The lowest BCUT2D eigenvalue weighted by Crippen LogP contribution is -2.20. The number of hydrogen-bond acceptors (Lipinski definition) is 4. The van der Waals surface area contributed by atoms with Gasteiger partial charge in [-0.05, 0) is 30.3 Å². The van der Waals surface area contributed by atoms with Crippen molar-refractivity contribution in [1.29, 1.82) is 0 Å². The maximum absolute atomic E-state index is 11.7. The fraction of sp³-hybridized carbons (Fsp3) is 0.143. The molecule has 5 nitrogen and oxygen atoms in total. The van der Waals surface area contributed by atoms with Crippen LogP contribution in [0.1, 0.15) is 5.69 Å². The lowest BCUT2D eigenvalue weighted by atomic mass is 10.3. The summed E-state index contributed by atoms with van der Waals surface area (Å²) >= 11 is 5.83. The van der Waals surface area contributed by atoms with Crippen LogP contribution in [0.5, 0.6) is 5.75 Å². The summed E-state index contributed by atoms with van der Waals surface area (Å²) in [6.07, 6.45) is 1.54. The van der Waals surface area contributed by atoms with Crippen LogP contribution >= 0.6 is 11.6 Å². The van der Waals surface area contributed by atoms with Crippen molar-refractivity contribution in [2.45, 2.75) is 6.54 Å². The molecule has 1 heterocycles. The summed E-state index contributed by atoms with van der Waals surface area (Å²) in [5, 5.41) is 3.25. The van der Waals surface area contributed by atoms with Gasteiger partial charge < -0.3 is 15.8 Å². The predicted octanol–water partition coefficient (Wildman–Crippen LogP) is 2.21. The molecular formula is C14H14ClN3O2. The first-order valence-electron chi connectivity index (χ1n) is 6.00. The fourth-order valence-electron chi connectivity index (χ4n) is 1.53. The van der Waals surface area contributed by atoms with Crippen molar-refractivity contribution in [3.63, 3.8) is 0 Å². The lowest BCUT2D eigenvalue weighted by molar-refractivity contribution is -0.118. The van der Waals surface area contributed by atoms with Gasteiger partial charge in [0.05, 0.1) is 11.9 Å². The van der Waals surface area contributed by atoms with Gasteiger partial charge in [-0.15, -0.1) is 0 Å². The van der Waals surface area contributed by atoms with Crippen LogP contribution in [-0.4, -0.2) is 17.5 Å². The second-order valence-electron chi connectivity index (χ2n) is 4.04. The lowest BCUT2D eigenvalue weighted by Gasteiger charge is -2.07. The molecule has 20 heavy (non-hydrogen) atoms. The highest BCUT2D eigenvalue weighted by Gasteiger charge is 2.04. The van der Waals surface area contributed by atoms with Crippen molar-refractivity contribution in [2.75, 3.05) is 11.9 Å². The first kappa shape index (κ1) is 14.3. The molecule has 3 N–H and O–H groups in total. The van der Waals surface area contributed by atoms with Crippen LogP contribution in [0, 0.1) is 0 Å². The molecule has 1 amide bonds. The third-order valence-electron chi connectivity index (χ3n) is 2.49. The van der Waals surface area contributed by atoms with Crippen LogP contribution in [0.4, 0.5) is 5.69 Å². The van der Waals surface area contributed by atoms with Gasteiger partial charge in [-0.1, -0.05) is 17.7 Å². The summed E-state index contributed by atoms with van der Waals surface area (Å²) in [5.74, 6) is 0.249. The second kappa shape index (κ2) is 6.88. The van der Waals surface area contributed by atoms with Gasteiger partial charge >= 0.3 is 0 Å². The molecule has 0 aliphatic carbocycles. The monoisotopic (exact) mass is 291 g/mol. The molecule has 2 aromatic rings. The highest BCUT2D eigenvalue weighted by atomic mass is 35.5. The van der Waals surface area contributed by atoms with E-state index in [0.717, 1.165) is 5.69 Å². The van der Waals surface area contributed by atoms with Crippen molar-refractivity contribution >= 4 is 23.2 Å². The minimum absolute atomic E-state index is 0.101. The van der Waals surface area contributed by atoms with Gasteiger partial charge in [0, 0.05) is 17.3 Å². The molecule has 0 atom stereocenters. The Bertz CT molecular complexity index is 587. The van der Waals surface area contributed by atoms with E-state index in [1.54, 1.807) is 36.4 Å². The van der Waals surface area contributed by atoms with E-state index < -0.39 is 0 Å². The van der Waals surface area contributed by atoms with Gasteiger partial charge in [-0.3, -0.25) is 9.78 Å². The number of halogens is 1. The average Bonchev–Trinajstić information content (AvgIpc) is 2.46. The Kier molecular flexibility index (Phi) is 4.92. The van der Waals surface area contributed by atoms with E-state index in [1.807, 2.05) is 0 Å². The van der Waals surface area contributed by atoms with E-state index in [1.165, 1.54) is 6.20 Å². The molecule has 0 saturated heterocycles. The highest BCUT2D eigenvalue weighted by Crippen LogP contribution is 2.15. The van der Waals surface area contributed by atoms with Gasteiger partial charge in [0.2, 0.25) is 0 Å². The second-order valence-corrected chi connectivity index (χ2v) is 4.47. The van der Waals surface area contributed by atoms with Gasteiger partial charge in [0.15, 0.2) is 6.61 Å². The molecule has 104 valence electrons. The Morgan fingerprint density at radius 1 is 1.35 bits per heavy atom. The zero-order chi connectivity index (χ0) is 14.4. The minimum Gasteiger partial charge on any atom is -0.482 e. The van der Waals surface area contributed by atoms with Crippen molar-refractivity contribution in [2.24, 2.45) is 5.73 Å². The summed E-state index contributed by atoms with van der Waals surface area (Å²) in [7, 11) is 0. The van der Waals surface area contributed by atoms with E-state index in [4.69, 9.17) is 22.1 Å². The smallest absolute Gasteiger partial charge is 0.262 e. The van der Waals surface area contributed by atoms with Gasteiger partial charge in [0.25, 0.3) is 5.91 Å². The number of rotatable bonds is 5. The van der Waals surface area contributed by atoms with Gasteiger partial charge in [0.1, 0.15) is 5.75 Å². The molecule has 0 bridgehead atoms. The number of ether oxygens (including phenoxy) is 1. The molecule has 0 fully saturated rings. The van der Waals surface area contributed by atoms with Gasteiger partial charge in [-0.25, -0.2) is 0 Å². The Hall–Kier alpha value is -2.11. The summed E-state index contributed by atoms with van der Waals surface area (Å²) in [4.78, 5) is 15.8. The third kappa shape index (κ3) is 4.22. The fourth-order valence-corrected chi connectivity index (χ4v) is 1.72. The molecule has 0 unspecified atom stereocenters. The Labute approximate surface area is 121 Å². The third-order valence-corrected chi connectivity index (χ3v) is 2.72. The summed E-state index contributed by atoms with van der Waals surface area (Å²) in [6, 6.07) is 10.4. The number of nitrogens with two attached hydrogens (primary N) is 1. The van der Waals surface area contributed by atoms with Crippen LogP contribution < -0.4 is 15.8 Å². The van der Waals surface area contributed by atoms with E-state index in [2.05, 4.69) is 10.3 Å². The van der Waals surface area contributed by atoms with Crippen LogP contribution in [0.25, 0.3) is 0 Å². The van der Waals surface area contributed by atoms with Gasteiger partial charge in [-0.2, -0.15) is 0 Å². The number of anilines is 1. The first-order valence-corrected chi connectivity index (χ1v) is 6.38. The quantitative estimate of drug-likeness (QED) is 0.885. The van der Waals surface area contributed by atoms with Crippen molar-refractivity contribution in [3.8, 4) is 5.75 Å². The largest absolute Gasteiger partial charge is 0.482 e. The molecule has 1 aromatic carbocycles. The van der Waals surface area contributed by atoms with E-state index >= 15 is 0 Å². The zero-order valence-corrected chi connectivity index (χ0v) is 11.4. The molecule has 6 heteroatoms. The number of nitrogens with zero attached hydrogens (tertiary/aromatic N) is 1. The SMILES string of the molecule is NCc1ccc(OCC(=O)Nc2cccc(Cl)c2)cn1. The number of carbonyl (C=O) groups is 1. The maximum Gasteiger partial charge on any atom is 0.262 e. The molecule has 1 aromatic heterocycles. The van der Waals surface area contributed by atoms with E-state index in [-0.39, 0.29) is 12.5 Å². The average molecular weight is 292 g/mol. The number of carbonyl (C=O) groups excluding carboxylic acids is 1. The van der Waals surface area contributed by atoms with Crippen molar-refractivity contribution in [1.82, 2.24) is 4.98 Å². The molecule has 2 rings (SSSR count). The topological polar surface area (TPSA) is 77.2 Å².